The molecule has 1 aliphatic heterocycles. The fraction of sp³-hybridized carbons (Fsp3) is 0.381. The van der Waals surface area contributed by atoms with Crippen molar-refractivity contribution in [1.29, 1.82) is 0 Å². The van der Waals surface area contributed by atoms with E-state index in [9.17, 15) is 23.3 Å². The molecule has 10 nitrogen and oxygen atoms in total. The van der Waals surface area contributed by atoms with Crippen molar-refractivity contribution in [3.05, 3.63) is 52.1 Å². The van der Waals surface area contributed by atoms with Gasteiger partial charge < -0.3 is 15.4 Å². The Balaban J connectivity index is 1.71. The van der Waals surface area contributed by atoms with Crippen molar-refractivity contribution >= 4 is 33.0 Å². The number of sulfonamides is 1. The second-order valence-corrected chi connectivity index (χ2v) is 9.39. The molecule has 0 radical (unpaired) electrons. The summed E-state index contributed by atoms with van der Waals surface area (Å²) in [6, 6.07) is 9.01. The van der Waals surface area contributed by atoms with Gasteiger partial charge in [-0.15, -0.1) is 0 Å². The Kier molecular flexibility index (Phi) is 7.31. The predicted octanol–water partition coefficient (Wildman–Crippen LogP) is 3.14. The number of aryl methyl sites for hydroxylation is 1. The van der Waals surface area contributed by atoms with Crippen LogP contribution in [0.25, 0.3) is 0 Å². The lowest BCUT2D eigenvalue weighted by atomic mass is 10.2. The molecule has 1 saturated heterocycles. The standard InChI is InChI=1S/C21H26N4O6S/c1-15-6-7-16(12-20(15)32(29,30)24-10-4-3-5-11-24)22-14-21(26)23-18-9-8-17(31-2)13-19(18)25(27)28/h6-9,12-13,22H,3-5,10-11,14H2,1-2H3,(H,23,26). The van der Waals surface area contributed by atoms with Gasteiger partial charge in [0, 0.05) is 18.8 Å². The number of carbonyl (C=O) groups excluding carboxylic acids is 1. The summed E-state index contributed by atoms with van der Waals surface area (Å²) < 4.78 is 32.6. The van der Waals surface area contributed by atoms with E-state index in [-0.39, 0.29) is 22.8 Å². The Morgan fingerprint density at radius 1 is 1.16 bits per heavy atom. The maximum absolute atomic E-state index is 13.0. The minimum atomic E-state index is -3.62. The van der Waals surface area contributed by atoms with E-state index in [0.29, 0.717) is 30.1 Å². The molecule has 32 heavy (non-hydrogen) atoms. The summed E-state index contributed by atoms with van der Waals surface area (Å²) in [6.07, 6.45) is 2.70. The van der Waals surface area contributed by atoms with E-state index in [1.807, 2.05) is 0 Å². The van der Waals surface area contributed by atoms with E-state index >= 15 is 0 Å². The Hall–Kier alpha value is -3.18. The number of piperidine rings is 1. The summed E-state index contributed by atoms with van der Waals surface area (Å²) in [5.74, 6) is -0.214. The van der Waals surface area contributed by atoms with E-state index in [1.54, 1.807) is 19.1 Å². The van der Waals surface area contributed by atoms with Crippen molar-refractivity contribution < 1.29 is 22.9 Å². The third-order valence-electron chi connectivity index (χ3n) is 5.25. The summed E-state index contributed by atoms with van der Waals surface area (Å²) in [5, 5.41) is 16.7. The number of ether oxygens (including phenoxy) is 1. The molecule has 0 bridgehead atoms. The van der Waals surface area contributed by atoms with Gasteiger partial charge in [0.1, 0.15) is 11.4 Å². The summed E-state index contributed by atoms with van der Waals surface area (Å²) >= 11 is 0. The Bertz CT molecular complexity index is 1110. The molecule has 0 aromatic heterocycles. The second-order valence-electron chi connectivity index (χ2n) is 7.49. The summed E-state index contributed by atoms with van der Waals surface area (Å²) in [6.45, 7) is 2.54. The van der Waals surface area contributed by atoms with Crippen LogP contribution in [-0.4, -0.2) is 50.3 Å². The molecule has 2 aromatic carbocycles. The number of hydrogen-bond acceptors (Lipinski definition) is 7. The number of rotatable bonds is 8. The molecular weight excluding hydrogens is 436 g/mol. The van der Waals surface area contributed by atoms with Crippen LogP contribution < -0.4 is 15.4 Å². The van der Waals surface area contributed by atoms with E-state index < -0.39 is 20.9 Å². The summed E-state index contributed by atoms with van der Waals surface area (Å²) in [4.78, 5) is 23.2. The Morgan fingerprint density at radius 3 is 2.53 bits per heavy atom. The van der Waals surface area contributed by atoms with Gasteiger partial charge in [-0.2, -0.15) is 4.31 Å². The molecule has 11 heteroatoms. The molecule has 2 N–H and O–H groups in total. The molecule has 1 amide bonds. The van der Waals surface area contributed by atoms with Crippen LogP contribution in [0.4, 0.5) is 17.1 Å². The zero-order chi connectivity index (χ0) is 23.3. The normalized spacial score (nSPS) is 14.6. The Labute approximate surface area is 186 Å². The number of anilines is 2. The number of carbonyl (C=O) groups is 1. The highest BCUT2D eigenvalue weighted by Crippen LogP contribution is 2.29. The number of hydrogen-bond donors (Lipinski definition) is 2. The maximum Gasteiger partial charge on any atom is 0.296 e. The lowest BCUT2D eigenvalue weighted by molar-refractivity contribution is -0.384. The van der Waals surface area contributed by atoms with Gasteiger partial charge in [0.15, 0.2) is 0 Å². The average Bonchev–Trinajstić information content (AvgIpc) is 2.79. The van der Waals surface area contributed by atoms with Gasteiger partial charge in [0.05, 0.1) is 29.5 Å². The first kappa shape index (κ1) is 23.5. The fourth-order valence-corrected chi connectivity index (χ4v) is 5.27. The van der Waals surface area contributed by atoms with E-state index in [0.717, 1.165) is 19.3 Å². The quantitative estimate of drug-likeness (QED) is 0.455. The summed E-state index contributed by atoms with van der Waals surface area (Å²) in [5.41, 5.74) is 0.841. The molecule has 0 unspecified atom stereocenters. The van der Waals surface area contributed by atoms with Crippen LogP contribution >= 0.6 is 0 Å². The van der Waals surface area contributed by atoms with Crippen molar-refractivity contribution in [1.82, 2.24) is 4.31 Å². The van der Waals surface area contributed by atoms with E-state index in [4.69, 9.17) is 4.74 Å². The molecule has 172 valence electrons. The summed E-state index contributed by atoms with van der Waals surface area (Å²) in [7, 11) is -2.23. The van der Waals surface area contributed by atoms with Gasteiger partial charge in [-0.3, -0.25) is 14.9 Å². The smallest absolute Gasteiger partial charge is 0.296 e. The monoisotopic (exact) mass is 462 g/mol. The molecule has 0 aliphatic carbocycles. The Morgan fingerprint density at radius 2 is 1.88 bits per heavy atom. The highest BCUT2D eigenvalue weighted by molar-refractivity contribution is 7.89. The number of amides is 1. The van der Waals surface area contributed by atoms with Gasteiger partial charge in [-0.05, 0) is 49.6 Å². The van der Waals surface area contributed by atoms with E-state index in [1.165, 1.54) is 35.7 Å². The first-order valence-corrected chi connectivity index (χ1v) is 11.6. The first-order chi connectivity index (χ1) is 15.2. The zero-order valence-corrected chi connectivity index (χ0v) is 18.8. The van der Waals surface area contributed by atoms with E-state index in [2.05, 4.69) is 10.6 Å². The van der Waals surface area contributed by atoms with Crippen molar-refractivity contribution in [2.75, 3.05) is 37.4 Å². The molecule has 1 heterocycles. The number of nitro benzene ring substituents is 1. The van der Waals surface area contributed by atoms with Crippen LogP contribution in [0.3, 0.4) is 0 Å². The number of benzene rings is 2. The number of nitrogens with zero attached hydrogens (tertiary/aromatic N) is 2. The van der Waals surface area contributed by atoms with Crippen molar-refractivity contribution in [2.24, 2.45) is 0 Å². The van der Waals surface area contributed by atoms with Crippen LogP contribution in [0.1, 0.15) is 24.8 Å². The largest absolute Gasteiger partial charge is 0.496 e. The lowest BCUT2D eigenvalue weighted by Crippen LogP contribution is -2.36. The van der Waals surface area contributed by atoms with Crippen LogP contribution in [0.2, 0.25) is 0 Å². The highest BCUT2D eigenvalue weighted by Gasteiger charge is 2.27. The second kappa shape index (κ2) is 9.96. The topological polar surface area (TPSA) is 131 Å². The minimum Gasteiger partial charge on any atom is -0.496 e. The lowest BCUT2D eigenvalue weighted by Gasteiger charge is -2.26. The SMILES string of the molecule is COc1ccc(NC(=O)CNc2ccc(C)c(S(=O)(=O)N3CCCCC3)c2)c([N+](=O)[O-])c1. The molecule has 0 spiro atoms. The van der Waals surface area contributed by atoms with Crippen LogP contribution in [0.15, 0.2) is 41.3 Å². The molecule has 3 rings (SSSR count). The van der Waals surface area contributed by atoms with Crippen molar-refractivity contribution in [3.8, 4) is 5.75 Å². The van der Waals surface area contributed by atoms with Crippen molar-refractivity contribution in [3.63, 3.8) is 0 Å². The predicted molar refractivity (Wildman–Crippen MR) is 121 cm³/mol. The molecule has 2 aromatic rings. The minimum absolute atomic E-state index is 0.0415. The zero-order valence-electron chi connectivity index (χ0n) is 18.0. The van der Waals surface area contributed by atoms with Crippen LogP contribution in [0.5, 0.6) is 5.75 Å². The third kappa shape index (κ3) is 5.35. The molecule has 0 saturated carbocycles. The molecular formula is C21H26N4O6S. The number of nitro groups is 1. The maximum atomic E-state index is 13.0. The van der Waals surface area contributed by atoms with Gasteiger partial charge in [0.2, 0.25) is 15.9 Å². The number of nitrogens with one attached hydrogen (secondary N) is 2. The van der Waals surface area contributed by atoms with Gasteiger partial charge in [-0.25, -0.2) is 8.42 Å². The fourth-order valence-electron chi connectivity index (χ4n) is 3.50. The molecule has 1 aliphatic rings. The molecule has 1 fully saturated rings. The van der Waals surface area contributed by atoms with Crippen LogP contribution in [0, 0.1) is 17.0 Å². The third-order valence-corrected chi connectivity index (χ3v) is 7.29. The highest BCUT2D eigenvalue weighted by atomic mass is 32.2. The number of methoxy groups -OCH3 is 1. The van der Waals surface area contributed by atoms with Gasteiger partial charge in [-0.1, -0.05) is 12.5 Å². The van der Waals surface area contributed by atoms with Gasteiger partial charge in [0.25, 0.3) is 5.69 Å². The average molecular weight is 463 g/mol. The molecule has 0 atom stereocenters. The van der Waals surface area contributed by atoms with Crippen LogP contribution in [-0.2, 0) is 14.8 Å². The van der Waals surface area contributed by atoms with Crippen molar-refractivity contribution in [2.45, 2.75) is 31.1 Å². The van der Waals surface area contributed by atoms with Gasteiger partial charge >= 0.3 is 0 Å². The first-order valence-electron chi connectivity index (χ1n) is 10.2.